The van der Waals surface area contributed by atoms with Gasteiger partial charge in [-0.05, 0) is 59.6 Å². The highest BCUT2D eigenvalue weighted by atomic mass is 79.9. The lowest BCUT2D eigenvalue weighted by molar-refractivity contribution is 0.0683. The molecule has 0 spiro atoms. The maximum Gasteiger partial charge on any atom is 0.352 e. The maximum absolute atomic E-state index is 11.2. The summed E-state index contributed by atoms with van der Waals surface area (Å²) in [6.07, 6.45) is 0. The minimum absolute atomic E-state index is 0.0607. The molecule has 0 aliphatic heterocycles. The van der Waals surface area contributed by atoms with Crippen LogP contribution in [0.2, 0.25) is 5.02 Å². The number of hydrogen-bond acceptors (Lipinski definition) is 1. The molecule has 100 valence electrons. The summed E-state index contributed by atoms with van der Waals surface area (Å²) in [5.41, 5.74) is 2.08. The first kappa shape index (κ1) is 14.2. The van der Waals surface area contributed by atoms with Crippen LogP contribution in [0, 0.1) is 0 Å². The van der Waals surface area contributed by atoms with Crippen molar-refractivity contribution in [2.24, 2.45) is 0 Å². The number of aromatic nitrogens is 1. The van der Waals surface area contributed by atoms with Crippen LogP contribution in [-0.4, -0.2) is 15.6 Å². The van der Waals surface area contributed by atoms with E-state index < -0.39 is 5.97 Å². The molecule has 5 heteroatoms. The van der Waals surface area contributed by atoms with Crippen LogP contribution in [0.15, 0.2) is 34.8 Å². The molecule has 1 heterocycles. The summed E-state index contributed by atoms with van der Waals surface area (Å²) in [6, 6.07) is 9.07. The first-order valence-corrected chi connectivity index (χ1v) is 6.99. The number of carboxylic acids is 1. The molecule has 2 aromatic rings. The van der Waals surface area contributed by atoms with Gasteiger partial charge >= 0.3 is 5.97 Å². The fourth-order valence-corrected chi connectivity index (χ4v) is 2.57. The average molecular weight is 343 g/mol. The van der Waals surface area contributed by atoms with Crippen LogP contribution in [-0.2, 0) is 0 Å². The van der Waals surface area contributed by atoms with E-state index in [2.05, 4.69) is 15.9 Å². The van der Waals surface area contributed by atoms with Gasteiger partial charge in [-0.1, -0.05) is 17.7 Å². The Morgan fingerprint density at radius 2 is 2.00 bits per heavy atom. The van der Waals surface area contributed by atoms with Crippen molar-refractivity contribution in [2.75, 3.05) is 0 Å². The second-order valence-electron chi connectivity index (χ2n) is 4.50. The van der Waals surface area contributed by atoms with Gasteiger partial charge in [0.05, 0.1) is 5.02 Å². The molecule has 0 bridgehead atoms. The lowest BCUT2D eigenvalue weighted by Crippen LogP contribution is -2.11. The molecule has 1 aromatic heterocycles. The van der Waals surface area contributed by atoms with E-state index in [9.17, 15) is 9.90 Å². The molecular formula is C14H13BrClNO2. The molecule has 0 unspecified atom stereocenters. The zero-order valence-corrected chi connectivity index (χ0v) is 12.9. The normalized spacial score (nSPS) is 11.0. The van der Waals surface area contributed by atoms with E-state index in [4.69, 9.17) is 11.6 Å². The van der Waals surface area contributed by atoms with Crippen LogP contribution < -0.4 is 0 Å². The SMILES string of the molecule is CC(C)n1c(C(=O)O)ccc1-c1ccc(Cl)c(Br)c1. The van der Waals surface area contributed by atoms with Crippen molar-refractivity contribution in [1.29, 1.82) is 0 Å². The first-order chi connectivity index (χ1) is 8.91. The molecule has 0 radical (unpaired) electrons. The summed E-state index contributed by atoms with van der Waals surface area (Å²) >= 11 is 9.36. The van der Waals surface area contributed by atoms with Crippen molar-refractivity contribution >= 4 is 33.5 Å². The Kier molecular flexibility index (Phi) is 4.02. The van der Waals surface area contributed by atoms with Crippen molar-refractivity contribution in [2.45, 2.75) is 19.9 Å². The molecular weight excluding hydrogens is 330 g/mol. The van der Waals surface area contributed by atoms with E-state index >= 15 is 0 Å². The fraction of sp³-hybridized carbons (Fsp3) is 0.214. The maximum atomic E-state index is 11.2. The summed E-state index contributed by atoms with van der Waals surface area (Å²) in [5.74, 6) is -0.923. The predicted molar refractivity (Wildman–Crippen MR) is 79.9 cm³/mol. The van der Waals surface area contributed by atoms with Gasteiger partial charge in [-0.3, -0.25) is 0 Å². The Morgan fingerprint density at radius 3 is 2.53 bits per heavy atom. The summed E-state index contributed by atoms with van der Waals surface area (Å²) in [7, 11) is 0. The molecule has 0 amide bonds. The number of hydrogen-bond donors (Lipinski definition) is 1. The second-order valence-corrected chi connectivity index (χ2v) is 5.76. The fourth-order valence-electron chi connectivity index (χ4n) is 2.07. The molecule has 1 aromatic carbocycles. The lowest BCUT2D eigenvalue weighted by Gasteiger charge is -2.16. The summed E-state index contributed by atoms with van der Waals surface area (Å²) in [6.45, 7) is 3.92. The number of halogens is 2. The van der Waals surface area contributed by atoms with Gasteiger partial charge in [-0.15, -0.1) is 0 Å². The topological polar surface area (TPSA) is 42.2 Å². The third-order valence-corrected chi connectivity index (χ3v) is 4.08. The number of benzene rings is 1. The molecule has 3 nitrogen and oxygen atoms in total. The summed E-state index contributed by atoms with van der Waals surface area (Å²) in [4.78, 5) is 11.2. The van der Waals surface area contributed by atoms with Crippen LogP contribution >= 0.6 is 27.5 Å². The highest BCUT2D eigenvalue weighted by Gasteiger charge is 2.17. The molecule has 1 N–H and O–H groups in total. The van der Waals surface area contributed by atoms with E-state index in [0.717, 1.165) is 15.7 Å². The quantitative estimate of drug-likeness (QED) is 0.866. The van der Waals surface area contributed by atoms with Crippen LogP contribution in [0.3, 0.4) is 0 Å². The zero-order chi connectivity index (χ0) is 14.2. The molecule has 0 saturated heterocycles. The highest BCUT2D eigenvalue weighted by Crippen LogP contribution is 2.31. The Labute approximate surface area is 124 Å². The summed E-state index contributed by atoms with van der Waals surface area (Å²) < 4.78 is 2.60. The van der Waals surface area contributed by atoms with Crippen LogP contribution in [0.1, 0.15) is 30.4 Å². The molecule has 19 heavy (non-hydrogen) atoms. The second kappa shape index (κ2) is 5.39. The highest BCUT2D eigenvalue weighted by molar-refractivity contribution is 9.10. The zero-order valence-electron chi connectivity index (χ0n) is 10.5. The molecule has 2 rings (SSSR count). The van der Waals surface area contributed by atoms with Gasteiger partial charge in [0.1, 0.15) is 5.69 Å². The van der Waals surface area contributed by atoms with Gasteiger partial charge < -0.3 is 9.67 Å². The van der Waals surface area contributed by atoms with Crippen LogP contribution in [0.25, 0.3) is 11.3 Å². The van der Waals surface area contributed by atoms with Gasteiger partial charge in [0.25, 0.3) is 0 Å². The molecule has 0 atom stereocenters. The van der Waals surface area contributed by atoms with Crippen molar-refractivity contribution in [3.63, 3.8) is 0 Å². The number of rotatable bonds is 3. The van der Waals surface area contributed by atoms with Crippen molar-refractivity contribution < 1.29 is 9.90 Å². The van der Waals surface area contributed by atoms with E-state index in [1.807, 2.05) is 32.0 Å². The first-order valence-electron chi connectivity index (χ1n) is 5.81. The van der Waals surface area contributed by atoms with Gasteiger partial charge in [-0.25, -0.2) is 4.79 Å². The smallest absolute Gasteiger partial charge is 0.352 e. The third kappa shape index (κ3) is 2.69. The molecule has 0 aliphatic carbocycles. The number of aromatic carboxylic acids is 1. The lowest BCUT2D eigenvalue weighted by atomic mass is 10.1. The van der Waals surface area contributed by atoms with Crippen molar-refractivity contribution in [3.05, 3.63) is 45.5 Å². The Morgan fingerprint density at radius 1 is 1.32 bits per heavy atom. The van der Waals surface area contributed by atoms with Gasteiger partial charge in [0.15, 0.2) is 0 Å². The van der Waals surface area contributed by atoms with Crippen molar-refractivity contribution in [3.8, 4) is 11.3 Å². The van der Waals surface area contributed by atoms with E-state index in [0.29, 0.717) is 5.02 Å². The van der Waals surface area contributed by atoms with E-state index in [1.54, 1.807) is 16.7 Å². The van der Waals surface area contributed by atoms with Gasteiger partial charge in [0.2, 0.25) is 0 Å². The molecule has 0 fully saturated rings. The van der Waals surface area contributed by atoms with Crippen LogP contribution in [0.4, 0.5) is 0 Å². The molecule has 0 aliphatic rings. The monoisotopic (exact) mass is 341 g/mol. The largest absolute Gasteiger partial charge is 0.477 e. The van der Waals surface area contributed by atoms with Gasteiger partial charge in [0, 0.05) is 16.2 Å². The van der Waals surface area contributed by atoms with E-state index in [1.165, 1.54) is 0 Å². The minimum atomic E-state index is -0.923. The van der Waals surface area contributed by atoms with Crippen molar-refractivity contribution in [1.82, 2.24) is 4.57 Å². The molecule has 0 saturated carbocycles. The Hall–Kier alpha value is -1.26. The van der Waals surface area contributed by atoms with Gasteiger partial charge in [-0.2, -0.15) is 0 Å². The average Bonchev–Trinajstić information content (AvgIpc) is 2.77. The number of carboxylic acid groups (broad SMARTS) is 1. The third-order valence-electron chi connectivity index (χ3n) is 2.87. The number of nitrogens with zero attached hydrogens (tertiary/aromatic N) is 1. The predicted octanol–water partition coefficient (Wildman–Crippen LogP) is 4.85. The van der Waals surface area contributed by atoms with E-state index in [-0.39, 0.29) is 11.7 Å². The number of carbonyl (C=O) groups is 1. The standard InChI is InChI=1S/C14H13BrClNO2/c1-8(2)17-12(5-6-13(17)14(18)19)9-3-4-11(16)10(15)7-9/h3-8H,1-2H3,(H,18,19). The Balaban J connectivity index is 2.62. The summed E-state index contributed by atoms with van der Waals surface area (Å²) in [5, 5.41) is 9.85. The Bertz CT molecular complexity index is 634. The minimum Gasteiger partial charge on any atom is -0.477 e. The van der Waals surface area contributed by atoms with Crippen LogP contribution in [0.5, 0.6) is 0 Å².